The van der Waals surface area contributed by atoms with E-state index in [0.29, 0.717) is 12.1 Å². The van der Waals surface area contributed by atoms with E-state index in [0.717, 1.165) is 12.2 Å². The van der Waals surface area contributed by atoms with E-state index >= 15 is 0 Å². The van der Waals surface area contributed by atoms with Gasteiger partial charge in [0.2, 0.25) is 0 Å². The van der Waals surface area contributed by atoms with Crippen LogP contribution in [0.4, 0.5) is 0 Å². The van der Waals surface area contributed by atoms with Crippen molar-refractivity contribution in [3.63, 3.8) is 0 Å². The quantitative estimate of drug-likeness (QED) is 0.870. The minimum Gasteiger partial charge on any atom is -0.307 e. The van der Waals surface area contributed by atoms with Crippen LogP contribution in [-0.4, -0.2) is 11.8 Å². The first-order valence-electron chi connectivity index (χ1n) is 7.34. The topological polar surface area (TPSA) is 12.0 Å². The van der Waals surface area contributed by atoms with Crippen LogP contribution < -0.4 is 5.32 Å². The Kier molecular flexibility index (Phi) is 4.44. The zero-order valence-electron chi connectivity index (χ0n) is 11.9. The Morgan fingerprint density at radius 3 is 2.70 bits per heavy atom. The molecule has 2 aromatic rings. The van der Waals surface area contributed by atoms with Gasteiger partial charge in [-0.25, -0.2) is 0 Å². The second-order valence-corrected chi connectivity index (χ2v) is 6.56. The lowest BCUT2D eigenvalue weighted by Gasteiger charge is -2.20. The summed E-state index contributed by atoms with van der Waals surface area (Å²) < 4.78 is 0. The lowest BCUT2D eigenvalue weighted by Crippen LogP contribution is -2.31. The van der Waals surface area contributed by atoms with E-state index in [9.17, 15) is 0 Å². The molecule has 2 heteroatoms. The minimum atomic E-state index is 0.516. The monoisotopic (exact) mass is 283 g/mol. The SMILES string of the molecule is CC(CCc1ccccc1)NC1CSc2ccccc21. The summed E-state index contributed by atoms with van der Waals surface area (Å²) in [6.45, 7) is 2.30. The summed E-state index contributed by atoms with van der Waals surface area (Å²) in [5, 5.41) is 3.78. The van der Waals surface area contributed by atoms with Crippen molar-refractivity contribution in [1.29, 1.82) is 0 Å². The normalized spacial score (nSPS) is 18.8. The van der Waals surface area contributed by atoms with Gasteiger partial charge in [0.15, 0.2) is 0 Å². The zero-order chi connectivity index (χ0) is 13.8. The number of rotatable bonds is 5. The van der Waals surface area contributed by atoms with E-state index < -0.39 is 0 Å². The molecule has 0 aliphatic carbocycles. The molecule has 2 atom stereocenters. The first-order chi connectivity index (χ1) is 9.83. The van der Waals surface area contributed by atoms with Crippen molar-refractivity contribution in [1.82, 2.24) is 5.32 Å². The molecule has 0 fully saturated rings. The summed E-state index contributed by atoms with van der Waals surface area (Å²) in [6, 6.07) is 20.6. The van der Waals surface area contributed by atoms with Gasteiger partial charge in [0.05, 0.1) is 0 Å². The Balaban J connectivity index is 1.54. The van der Waals surface area contributed by atoms with E-state index in [1.165, 1.54) is 22.4 Å². The van der Waals surface area contributed by atoms with Crippen LogP contribution in [-0.2, 0) is 6.42 Å². The molecule has 0 amide bonds. The van der Waals surface area contributed by atoms with Crippen LogP contribution in [0.15, 0.2) is 59.5 Å². The molecule has 1 N–H and O–H groups in total. The number of nitrogens with one attached hydrogen (secondary N) is 1. The molecule has 1 nitrogen and oxygen atoms in total. The van der Waals surface area contributed by atoms with Crippen LogP contribution in [0.1, 0.15) is 30.5 Å². The second kappa shape index (κ2) is 6.47. The summed E-state index contributed by atoms with van der Waals surface area (Å²) >= 11 is 1.97. The van der Waals surface area contributed by atoms with Crippen molar-refractivity contribution in [2.45, 2.75) is 36.7 Å². The number of hydrogen-bond acceptors (Lipinski definition) is 2. The van der Waals surface area contributed by atoms with Gasteiger partial charge in [-0.15, -0.1) is 11.8 Å². The highest BCUT2D eigenvalue weighted by Crippen LogP contribution is 2.37. The third kappa shape index (κ3) is 3.25. The van der Waals surface area contributed by atoms with Gasteiger partial charge in [0.1, 0.15) is 0 Å². The van der Waals surface area contributed by atoms with Crippen LogP contribution >= 0.6 is 11.8 Å². The Morgan fingerprint density at radius 1 is 1.10 bits per heavy atom. The number of fused-ring (bicyclic) bond motifs is 1. The molecule has 2 unspecified atom stereocenters. The third-order valence-electron chi connectivity index (χ3n) is 3.89. The fourth-order valence-corrected chi connectivity index (χ4v) is 3.93. The molecule has 0 saturated heterocycles. The van der Waals surface area contributed by atoms with Crippen LogP contribution in [0.25, 0.3) is 0 Å². The molecular weight excluding hydrogens is 262 g/mol. The zero-order valence-corrected chi connectivity index (χ0v) is 12.7. The van der Waals surface area contributed by atoms with E-state index in [2.05, 4.69) is 66.8 Å². The molecule has 0 spiro atoms. The molecular formula is C18H21NS. The molecule has 20 heavy (non-hydrogen) atoms. The first-order valence-corrected chi connectivity index (χ1v) is 8.33. The van der Waals surface area contributed by atoms with Gasteiger partial charge in [0, 0.05) is 22.7 Å². The van der Waals surface area contributed by atoms with Crippen LogP contribution in [0.2, 0.25) is 0 Å². The molecule has 1 aliphatic rings. The number of benzene rings is 2. The van der Waals surface area contributed by atoms with Gasteiger partial charge in [-0.05, 0) is 37.0 Å². The lowest BCUT2D eigenvalue weighted by atomic mass is 10.0. The van der Waals surface area contributed by atoms with Gasteiger partial charge in [0.25, 0.3) is 0 Å². The van der Waals surface area contributed by atoms with Crippen LogP contribution in [0.5, 0.6) is 0 Å². The van der Waals surface area contributed by atoms with Gasteiger partial charge in [-0.3, -0.25) is 0 Å². The van der Waals surface area contributed by atoms with Crippen molar-refractivity contribution in [2.24, 2.45) is 0 Å². The van der Waals surface area contributed by atoms with E-state index in [4.69, 9.17) is 0 Å². The van der Waals surface area contributed by atoms with Gasteiger partial charge in [-0.2, -0.15) is 0 Å². The van der Waals surface area contributed by atoms with E-state index in [1.807, 2.05) is 11.8 Å². The second-order valence-electron chi connectivity index (χ2n) is 5.49. The maximum Gasteiger partial charge on any atom is 0.0428 e. The molecule has 0 aromatic heterocycles. The fourth-order valence-electron chi connectivity index (χ4n) is 2.76. The van der Waals surface area contributed by atoms with E-state index in [1.54, 1.807) is 0 Å². The summed E-state index contributed by atoms with van der Waals surface area (Å²) in [6.07, 6.45) is 2.34. The average Bonchev–Trinajstić information content (AvgIpc) is 2.90. The minimum absolute atomic E-state index is 0.516. The molecule has 104 valence electrons. The molecule has 0 radical (unpaired) electrons. The molecule has 1 heterocycles. The third-order valence-corrected chi connectivity index (χ3v) is 5.08. The molecule has 0 bridgehead atoms. The van der Waals surface area contributed by atoms with Crippen molar-refractivity contribution < 1.29 is 0 Å². The molecule has 0 saturated carbocycles. The van der Waals surface area contributed by atoms with E-state index in [-0.39, 0.29) is 0 Å². The highest BCUT2D eigenvalue weighted by Gasteiger charge is 2.23. The smallest absolute Gasteiger partial charge is 0.0428 e. The van der Waals surface area contributed by atoms with Crippen LogP contribution in [0, 0.1) is 0 Å². The summed E-state index contributed by atoms with van der Waals surface area (Å²) in [5.74, 6) is 1.16. The predicted octanol–water partition coefficient (Wildman–Crippen LogP) is 4.44. The van der Waals surface area contributed by atoms with Crippen LogP contribution in [0.3, 0.4) is 0 Å². The Hall–Kier alpha value is -1.25. The molecule has 3 rings (SSSR count). The number of aryl methyl sites for hydroxylation is 1. The van der Waals surface area contributed by atoms with Gasteiger partial charge >= 0.3 is 0 Å². The standard InChI is InChI=1S/C18H21NS/c1-14(11-12-15-7-3-2-4-8-15)19-17-13-20-18-10-6-5-9-16(17)18/h2-10,14,17,19H,11-13H2,1H3. The van der Waals surface area contributed by atoms with Gasteiger partial charge < -0.3 is 5.32 Å². The molecule has 1 aliphatic heterocycles. The molecule has 2 aromatic carbocycles. The summed E-state index contributed by atoms with van der Waals surface area (Å²) in [4.78, 5) is 1.44. The van der Waals surface area contributed by atoms with Crippen molar-refractivity contribution >= 4 is 11.8 Å². The highest BCUT2D eigenvalue weighted by molar-refractivity contribution is 7.99. The largest absolute Gasteiger partial charge is 0.307 e. The van der Waals surface area contributed by atoms with Crippen molar-refractivity contribution in [3.05, 3.63) is 65.7 Å². The van der Waals surface area contributed by atoms with Gasteiger partial charge in [-0.1, -0.05) is 48.5 Å². The Labute approximate surface area is 125 Å². The summed E-state index contributed by atoms with van der Waals surface area (Å²) in [5.41, 5.74) is 2.91. The number of thioether (sulfide) groups is 1. The van der Waals surface area contributed by atoms with Crippen molar-refractivity contribution in [3.8, 4) is 0 Å². The average molecular weight is 283 g/mol. The first kappa shape index (κ1) is 13.7. The maximum absolute atomic E-state index is 3.78. The van der Waals surface area contributed by atoms with Crippen molar-refractivity contribution in [2.75, 3.05) is 5.75 Å². The number of hydrogen-bond donors (Lipinski definition) is 1. The fraction of sp³-hybridized carbons (Fsp3) is 0.333. The maximum atomic E-state index is 3.78. The Morgan fingerprint density at radius 2 is 1.85 bits per heavy atom. The Bertz CT molecular complexity index is 552. The predicted molar refractivity (Wildman–Crippen MR) is 87.3 cm³/mol. The highest BCUT2D eigenvalue weighted by atomic mass is 32.2. The lowest BCUT2D eigenvalue weighted by molar-refractivity contribution is 0.461. The summed E-state index contributed by atoms with van der Waals surface area (Å²) in [7, 11) is 0.